The topological polar surface area (TPSA) is 0 Å². The van der Waals surface area contributed by atoms with Gasteiger partial charge in [0, 0.05) is 0 Å². The summed E-state index contributed by atoms with van der Waals surface area (Å²) < 4.78 is 0. The maximum Gasteiger partial charge on any atom is -0.0358 e. The molecule has 1 aliphatic carbocycles. The first-order valence-corrected chi connectivity index (χ1v) is 8.51. The molecule has 1 aliphatic rings. The fourth-order valence-electron chi connectivity index (χ4n) is 4.24. The number of hydrogen-bond acceptors (Lipinski definition) is 0. The second kappa shape index (κ2) is 7.56. The predicted molar refractivity (Wildman–Crippen MR) is 82.7 cm³/mol. The van der Waals surface area contributed by atoms with Crippen molar-refractivity contribution in [3.05, 3.63) is 0 Å². The van der Waals surface area contributed by atoms with Crippen molar-refractivity contribution in [1.29, 1.82) is 0 Å². The van der Waals surface area contributed by atoms with Crippen LogP contribution < -0.4 is 0 Å². The Balaban J connectivity index is 2.74. The molecule has 0 aliphatic heterocycles. The maximum atomic E-state index is 2.51. The van der Waals surface area contributed by atoms with Crippen molar-refractivity contribution in [2.75, 3.05) is 0 Å². The third kappa shape index (κ3) is 4.00. The molecule has 108 valence electrons. The third-order valence-corrected chi connectivity index (χ3v) is 5.97. The van der Waals surface area contributed by atoms with Crippen LogP contribution in [0, 0.1) is 35.5 Å². The minimum Gasteiger partial charge on any atom is -0.0651 e. The van der Waals surface area contributed by atoms with Crippen LogP contribution in [0.5, 0.6) is 0 Å². The molecule has 1 rings (SSSR count). The highest BCUT2D eigenvalue weighted by Gasteiger charge is 2.31. The molecule has 5 atom stereocenters. The molecule has 0 heterocycles. The Morgan fingerprint density at radius 1 is 0.944 bits per heavy atom. The highest BCUT2D eigenvalue weighted by molar-refractivity contribution is 4.82. The molecule has 0 radical (unpaired) electrons. The van der Waals surface area contributed by atoms with E-state index in [2.05, 4.69) is 41.5 Å². The minimum atomic E-state index is 0.848. The van der Waals surface area contributed by atoms with Gasteiger partial charge in [-0.1, -0.05) is 67.2 Å². The second-order valence-corrected chi connectivity index (χ2v) is 7.25. The van der Waals surface area contributed by atoms with E-state index in [1.54, 1.807) is 0 Å². The molecule has 1 saturated carbocycles. The van der Waals surface area contributed by atoms with Gasteiger partial charge >= 0.3 is 0 Å². The van der Waals surface area contributed by atoms with Crippen LogP contribution in [0.15, 0.2) is 0 Å². The maximum absolute atomic E-state index is 2.51. The van der Waals surface area contributed by atoms with E-state index in [-0.39, 0.29) is 0 Å². The summed E-state index contributed by atoms with van der Waals surface area (Å²) in [6.45, 7) is 14.6. The molecule has 5 unspecified atom stereocenters. The van der Waals surface area contributed by atoms with E-state index in [9.17, 15) is 0 Å². The van der Waals surface area contributed by atoms with E-state index < -0.39 is 0 Å². The van der Waals surface area contributed by atoms with Gasteiger partial charge < -0.3 is 0 Å². The second-order valence-electron chi connectivity index (χ2n) is 7.25. The van der Waals surface area contributed by atoms with Crippen LogP contribution in [-0.2, 0) is 0 Å². The van der Waals surface area contributed by atoms with Crippen molar-refractivity contribution in [1.82, 2.24) is 0 Å². The van der Waals surface area contributed by atoms with Gasteiger partial charge in [0.1, 0.15) is 0 Å². The molecule has 0 heteroatoms. The highest BCUT2D eigenvalue weighted by Crippen LogP contribution is 2.41. The number of rotatable bonds is 4. The standard InChI is InChI=1S/C18H36/c1-7-16-10-9-11-18(15(6)13(3)4)17(8-2)12-14(16)5/h13-18H,7-12H2,1-6H3. The quantitative estimate of drug-likeness (QED) is 0.562. The summed E-state index contributed by atoms with van der Waals surface area (Å²) in [5.41, 5.74) is 0. The van der Waals surface area contributed by atoms with Crippen molar-refractivity contribution in [2.45, 2.75) is 80.1 Å². The van der Waals surface area contributed by atoms with Crippen LogP contribution in [0.4, 0.5) is 0 Å². The Morgan fingerprint density at radius 3 is 2.06 bits per heavy atom. The average Bonchev–Trinajstić information content (AvgIpc) is 2.33. The lowest BCUT2D eigenvalue weighted by atomic mass is 9.67. The molecule has 0 N–H and O–H groups in total. The Bertz CT molecular complexity index is 218. The monoisotopic (exact) mass is 252 g/mol. The lowest BCUT2D eigenvalue weighted by molar-refractivity contribution is 0.112. The smallest absolute Gasteiger partial charge is 0.0358 e. The number of hydrogen-bond donors (Lipinski definition) is 0. The summed E-state index contributed by atoms with van der Waals surface area (Å²) in [6.07, 6.45) is 8.71. The summed E-state index contributed by atoms with van der Waals surface area (Å²) in [6, 6.07) is 0. The van der Waals surface area contributed by atoms with Crippen LogP contribution in [0.2, 0.25) is 0 Å². The van der Waals surface area contributed by atoms with Crippen LogP contribution in [0.3, 0.4) is 0 Å². The van der Waals surface area contributed by atoms with Gasteiger partial charge in [0.25, 0.3) is 0 Å². The Morgan fingerprint density at radius 2 is 1.56 bits per heavy atom. The molecular weight excluding hydrogens is 216 g/mol. The first-order valence-electron chi connectivity index (χ1n) is 8.51. The summed E-state index contributed by atoms with van der Waals surface area (Å²) in [7, 11) is 0. The van der Waals surface area contributed by atoms with Crippen LogP contribution in [-0.4, -0.2) is 0 Å². The third-order valence-electron chi connectivity index (χ3n) is 5.97. The summed E-state index contributed by atoms with van der Waals surface area (Å²) in [5.74, 6) is 5.65. The molecule has 0 aromatic carbocycles. The molecule has 18 heavy (non-hydrogen) atoms. The van der Waals surface area contributed by atoms with E-state index in [1.165, 1.54) is 38.5 Å². The van der Waals surface area contributed by atoms with Gasteiger partial charge in [-0.05, 0) is 48.3 Å². The average molecular weight is 252 g/mol. The van der Waals surface area contributed by atoms with Gasteiger partial charge in [0.05, 0.1) is 0 Å². The molecule has 0 aromatic rings. The van der Waals surface area contributed by atoms with E-state index in [0.717, 1.165) is 35.5 Å². The van der Waals surface area contributed by atoms with E-state index in [0.29, 0.717) is 0 Å². The van der Waals surface area contributed by atoms with Crippen LogP contribution >= 0.6 is 0 Å². The molecule has 0 nitrogen and oxygen atoms in total. The lowest BCUT2D eigenvalue weighted by Gasteiger charge is -2.39. The zero-order valence-corrected chi connectivity index (χ0v) is 13.7. The zero-order valence-electron chi connectivity index (χ0n) is 13.7. The van der Waals surface area contributed by atoms with Crippen molar-refractivity contribution in [2.24, 2.45) is 35.5 Å². The van der Waals surface area contributed by atoms with E-state index in [4.69, 9.17) is 0 Å². The van der Waals surface area contributed by atoms with Gasteiger partial charge in [-0.3, -0.25) is 0 Å². The fourth-order valence-corrected chi connectivity index (χ4v) is 4.24. The summed E-state index contributed by atoms with van der Waals surface area (Å²) in [5, 5.41) is 0. The molecule has 0 spiro atoms. The predicted octanol–water partition coefficient (Wildman–Crippen LogP) is 6.16. The fraction of sp³-hybridized carbons (Fsp3) is 1.00. The summed E-state index contributed by atoms with van der Waals surface area (Å²) >= 11 is 0. The molecule has 0 bridgehead atoms. The van der Waals surface area contributed by atoms with Gasteiger partial charge in [-0.25, -0.2) is 0 Å². The zero-order chi connectivity index (χ0) is 13.7. The first-order chi connectivity index (χ1) is 8.51. The molecule has 0 amide bonds. The van der Waals surface area contributed by atoms with Gasteiger partial charge in [0.2, 0.25) is 0 Å². The normalized spacial score (nSPS) is 36.2. The van der Waals surface area contributed by atoms with Crippen LogP contribution in [0.1, 0.15) is 80.1 Å². The van der Waals surface area contributed by atoms with Gasteiger partial charge in [0.15, 0.2) is 0 Å². The van der Waals surface area contributed by atoms with E-state index >= 15 is 0 Å². The lowest BCUT2D eigenvalue weighted by Crippen LogP contribution is -2.30. The largest absolute Gasteiger partial charge is 0.0651 e. The van der Waals surface area contributed by atoms with Crippen molar-refractivity contribution in [3.8, 4) is 0 Å². The summed E-state index contributed by atoms with van der Waals surface area (Å²) in [4.78, 5) is 0. The van der Waals surface area contributed by atoms with Gasteiger partial charge in [-0.2, -0.15) is 0 Å². The Labute approximate surface area is 116 Å². The Hall–Kier alpha value is 0. The van der Waals surface area contributed by atoms with Crippen molar-refractivity contribution >= 4 is 0 Å². The Kier molecular flexibility index (Phi) is 6.74. The van der Waals surface area contributed by atoms with Crippen molar-refractivity contribution < 1.29 is 0 Å². The molecular formula is C18H36. The van der Waals surface area contributed by atoms with Gasteiger partial charge in [-0.15, -0.1) is 0 Å². The molecule has 0 saturated heterocycles. The molecule has 0 aromatic heterocycles. The molecule has 1 fully saturated rings. The minimum absolute atomic E-state index is 0.848. The van der Waals surface area contributed by atoms with Crippen LogP contribution in [0.25, 0.3) is 0 Å². The van der Waals surface area contributed by atoms with E-state index in [1.807, 2.05) is 0 Å². The van der Waals surface area contributed by atoms with Crippen molar-refractivity contribution in [3.63, 3.8) is 0 Å². The first kappa shape index (κ1) is 16.1. The highest BCUT2D eigenvalue weighted by atomic mass is 14.4. The SMILES string of the molecule is CCC1CCCC(C(C)C(C)C)C(CC)CC1C.